The van der Waals surface area contributed by atoms with Gasteiger partial charge in [0.05, 0.1) is 0 Å². The van der Waals surface area contributed by atoms with Gasteiger partial charge in [-0.1, -0.05) is 17.9 Å². The Bertz CT molecular complexity index is 1450. The summed E-state index contributed by atoms with van der Waals surface area (Å²) in [6.45, 7) is 4.12. The van der Waals surface area contributed by atoms with E-state index in [0.717, 1.165) is 62.3 Å². The molecule has 2 aromatic rings. The van der Waals surface area contributed by atoms with Gasteiger partial charge in [0.25, 0.3) is 5.91 Å². The van der Waals surface area contributed by atoms with Gasteiger partial charge in [-0.05, 0) is 68.0 Å². The number of piperidine rings is 1. The molecule has 3 fully saturated rings. The molecule has 1 atom stereocenters. The molecule has 230 valence electrons. The first-order valence-corrected chi connectivity index (χ1v) is 15.7. The van der Waals surface area contributed by atoms with Crippen LogP contribution in [-0.2, 0) is 16.1 Å². The lowest BCUT2D eigenvalue weighted by Crippen LogP contribution is -2.54. The number of imide groups is 1. The van der Waals surface area contributed by atoms with E-state index in [-0.39, 0.29) is 30.3 Å². The van der Waals surface area contributed by atoms with Crippen molar-refractivity contribution >= 4 is 29.6 Å². The Morgan fingerprint density at radius 2 is 1.77 bits per heavy atom. The standard InChI is InChI=1S/C33H39N7O4/c41-30-14-13-28(31(42)37-30)40-22-24-21-23(7-12-27(24)32(40)43)5-1-3-15-34-25-8-10-26(11-9-25)36-33(44)39-19-17-38(18-20-39)29-6-2-4-16-35-29/h2,4,6-7,12,16,21,25-26,28,34H,3,8-11,13-15,17-20,22H2,(H,36,44)(H,37,41,42). The average Bonchev–Trinajstić information content (AvgIpc) is 3.37. The maximum absolute atomic E-state index is 12.9. The van der Waals surface area contributed by atoms with Crippen molar-refractivity contribution in [1.29, 1.82) is 0 Å². The molecule has 3 N–H and O–H groups in total. The van der Waals surface area contributed by atoms with Gasteiger partial charge in [0.2, 0.25) is 11.8 Å². The fourth-order valence-electron chi connectivity index (χ4n) is 6.54. The summed E-state index contributed by atoms with van der Waals surface area (Å²) in [4.78, 5) is 59.6. The lowest BCUT2D eigenvalue weighted by Gasteiger charge is -2.37. The summed E-state index contributed by atoms with van der Waals surface area (Å²) in [5, 5.41) is 9.20. The van der Waals surface area contributed by atoms with Crippen molar-refractivity contribution in [3.05, 3.63) is 59.3 Å². The fourth-order valence-corrected chi connectivity index (χ4v) is 6.54. The Labute approximate surface area is 257 Å². The Hall–Kier alpha value is -4.43. The first-order chi connectivity index (χ1) is 21.4. The highest BCUT2D eigenvalue weighted by Gasteiger charge is 2.39. The normalized spacial score (nSPS) is 23.5. The molecule has 0 bridgehead atoms. The van der Waals surface area contributed by atoms with Gasteiger partial charge in [0.1, 0.15) is 11.9 Å². The van der Waals surface area contributed by atoms with Crippen LogP contribution in [0.3, 0.4) is 0 Å². The fraction of sp³-hybridized carbons (Fsp3) is 0.485. The van der Waals surface area contributed by atoms with Crippen LogP contribution in [0.5, 0.6) is 0 Å². The number of benzene rings is 1. The van der Waals surface area contributed by atoms with Crippen LogP contribution in [0.15, 0.2) is 42.6 Å². The number of piperazine rings is 1. The second-order valence-electron chi connectivity index (χ2n) is 11.9. The van der Waals surface area contributed by atoms with Crippen LogP contribution in [0.4, 0.5) is 10.6 Å². The molecule has 0 spiro atoms. The monoisotopic (exact) mass is 597 g/mol. The summed E-state index contributed by atoms with van der Waals surface area (Å²) in [6.07, 6.45) is 7.08. The van der Waals surface area contributed by atoms with Crippen LogP contribution in [0.2, 0.25) is 0 Å². The molecule has 1 saturated carbocycles. The van der Waals surface area contributed by atoms with Gasteiger partial charge in [0, 0.05) is 81.5 Å². The van der Waals surface area contributed by atoms with Crippen LogP contribution in [0, 0.1) is 11.8 Å². The lowest BCUT2D eigenvalue weighted by atomic mass is 9.91. The van der Waals surface area contributed by atoms with E-state index in [4.69, 9.17) is 0 Å². The largest absolute Gasteiger partial charge is 0.353 e. The third-order valence-electron chi connectivity index (χ3n) is 9.03. The number of urea groups is 1. The number of aromatic nitrogens is 1. The van der Waals surface area contributed by atoms with Crippen LogP contribution < -0.4 is 20.9 Å². The molecule has 44 heavy (non-hydrogen) atoms. The lowest BCUT2D eigenvalue weighted by molar-refractivity contribution is -0.136. The van der Waals surface area contributed by atoms with Crippen LogP contribution in [-0.4, -0.2) is 89.4 Å². The SMILES string of the molecule is O=C1CCC(N2Cc3cc(C#CCCNC4CCC(NC(=O)N5CCN(c6ccccn6)CC5)CC4)ccc3C2=O)C(=O)N1. The number of rotatable bonds is 6. The molecule has 11 heteroatoms. The van der Waals surface area contributed by atoms with Gasteiger partial charge in [0.15, 0.2) is 0 Å². The summed E-state index contributed by atoms with van der Waals surface area (Å²) in [5.41, 5.74) is 2.30. The van der Waals surface area contributed by atoms with E-state index < -0.39 is 11.9 Å². The van der Waals surface area contributed by atoms with Crippen molar-refractivity contribution in [2.24, 2.45) is 0 Å². The number of anilines is 1. The van der Waals surface area contributed by atoms with Crippen molar-refractivity contribution in [2.45, 2.75) is 69.6 Å². The highest BCUT2D eigenvalue weighted by atomic mass is 16.2. The minimum atomic E-state index is -0.612. The Morgan fingerprint density at radius 3 is 2.52 bits per heavy atom. The predicted molar refractivity (Wildman–Crippen MR) is 165 cm³/mol. The van der Waals surface area contributed by atoms with Crippen molar-refractivity contribution in [1.82, 2.24) is 30.7 Å². The molecule has 4 heterocycles. The number of amides is 5. The number of hydrogen-bond donors (Lipinski definition) is 3. The van der Waals surface area contributed by atoms with Crippen LogP contribution in [0.25, 0.3) is 0 Å². The molecule has 5 amide bonds. The smallest absolute Gasteiger partial charge is 0.317 e. The summed E-state index contributed by atoms with van der Waals surface area (Å²) in [5.74, 6) is 6.53. The molecule has 2 saturated heterocycles. The number of fused-ring (bicyclic) bond motifs is 1. The first kappa shape index (κ1) is 29.6. The van der Waals surface area contributed by atoms with E-state index in [1.54, 1.807) is 17.2 Å². The third-order valence-corrected chi connectivity index (χ3v) is 9.03. The zero-order valence-corrected chi connectivity index (χ0v) is 24.9. The molecule has 1 aromatic carbocycles. The number of hydrogen-bond acceptors (Lipinski definition) is 7. The third kappa shape index (κ3) is 6.86. The molecule has 11 nitrogen and oxygen atoms in total. The van der Waals surface area contributed by atoms with Crippen molar-refractivity contribution < 1.29 is 19.2 Å². The van der Waals surface area contributed by atoms with E-state index in [2.05, 4.69) is 37.7 Å². The van der Waals surface area contributed by atoms with Gasteiger partial charge in [-0.25, -0.2) is 9.78 Å². The number of nitrogens with zero attached hydrogens (tertiary/aromatic N) is 4. The van der Waals surface area contributed by atoms with Gasteiger partial charge >= 0.3 is 6.03 Å². The number of pyridine rings is 1. The second kappa shape index (κ2) is 13.5. The predicted octanol–water partition coefficient (Wildman–Crippen LogP) is 2.02. The molecule has 3 aliphatic heterocycles. The van der Waals surface area contributed by atoms with Crippen molar-refractivity contribution in [3.63, 3.8) is 0 Å². The summed E-state index contributed by atoms with van der Waals surface area (Å²) >= 11 is 0. The summed E-state index contributed by atoms with van der Waals surface area (Å²) in [6, 6.07) is 11.5. The molecule has 4 aliphatic rings. The maximum atomic E-state index is 12.9. The highest BCUT2D eigenvalue weighted by molar-refractivity contribution is 6.05. The highest BCUT2D eigenvalue weighted by Crippen LogP contribution is 2.28. The molecular weight excluding hydrogens is 558 g/mol. The van der Waals surface area contributed by atoms with Crippen molar-refractivity contribution in [3.8, 4) is 11.8 Å². The number of nitrogens with one attached hydrogen (secondary N) is 3. The van der Waals surface area contributed by atoms with E-state index in [1.165, 1.54) is 0 Å². The molecule has 1 aromatic heterocycles. The molecular formula is C33H39N7O4. The molecule has 1 aliphatic carbocycles. The maximum Gasteiger partial charge on any atom is 0.317 e. The van der Waals surface area contributed by atoms with E-state index in [1.807, 2.05) is 35.2 Å². The quantitative estimate of drug-likeness (QED) is 0.264. The van der Waals surface area contributed by atoms with Gasteiger partial charge in [-0.2, -0.15) is 0 Å². The van der Waals surface area contributed by atoms with Crippen LogP contribution in [0.1, 0.15) is 66.4 Å². The van der Waals surface area contributed by atoms with Crippen LogP contribution >= 0.6 is 0 Å². The molecule has 0 radical (unpaired) electrons. The molecule has 6 rings (SSSR count). The van der Waals surface area contributed by atoms with E-state index in [9.17, 15) is 19.2 Å². The zero-order valence-electron chi connectivity index (χ0n) is 24.9. The molecule has 1 unspecified atom stereocenters. The Kier molecular flexibility index (Phi) is 9.07. The topological polar surface area (TPSA) is 127 Å². The van der Waals surface area contributed by atoms with E-state index in [0.29, 0.717) is 44.1 Å². The second-order valence-corrected chi connectivity index (χ2v) is 11.9. The minimum absolute atomic E-state index is 0.0388. The summed E-state index contributed by atoms with van der Waals surface area (Å²) < 4.78 is 0. The summed E-state index contributed by atoms with van der Waals surface area (Å²) in [7, 11) is 0. The van der Waals surface area contributed by atoms with Gasteiger partial charge < -0.3 is 25.3 Å². The van der Waals surface area contributed by atoms with E-state index >= 15 is 0 Å². The number of carbonyl (C=O) groups excluding carboxylic acids is 4. The zero-order chi connectivity index (χ0) is 30.5. The van der Waals surface area contributed by atoms with Gasteiger partial charge in [-0.15, -0.1) is 0 Å². The van der Waals surface area contributed by atoms with Crippen molar-refractivity contribution in [2.75, 3.05) is 37.6 Å². The number of carbonyl (C=O) groups is 4. The van der Waals surface area contributed by atoms with Gasteiger partial charge in [-0.3, -0.25) is 19.7 Å². The Balaban J connectivity index is 0.885. The first-order valence-electron chi connectivity index (χ1n) is 15.7. The minimum Gasteiger partial charge on any atom is -0.353 e. The average molecular weight is 598 g/mol. The Morgan fingerprint density at radius 1 is 0.977 bits per heavy atom.